The van der Waals surface area contributed by atoms with Crippen molar-refractivity contribution in [3.63, 3.8) is 0 Å². The molecule has 0 bridgehead atoms. The SMILES string of the molecule is O=C(O)/C=C/CCc1c(CC/C=C/C(=O)O)c(CC/C=C/C(=O)O)c(CC/C=C/C(=O)O)c(CC/C=C/C(=O)O)c1CC/C=C/C(=O)O. The van der Waals surface area contributed by atoms with Crippen molar-refractivity contribution in [3.05, 3.63) is 106 Å². The average Bonchev–Trinajstić information content (AvgIpc) is 2.99. The topological polar surface area (TPSA) is 224 Å². The normalized spacial score (nSPS) is 12.0. The first kappa shape index (κ1) is 40.5. The average molecular weight is 667 g/mol. The van der Waals surface area contributed by atoms with Gasteiger partial charge in [-0.15, -0.1) is 0 Å². The Morgan fingerprint density at radius 1 is 0.292 bits per heavy atom. The Balaban J connectivity index is 4.15. The van der Waals surface area contributed by atoms with Crippen LogP contribution in [0.1, 0.15) is 71.9 Å². The third-order valence-corrected chi connectivity index (χ3v) is 7.11. The van der Waals surface area contributed by atoms with E-state index in [0.717, 1.165) is 69.8 Å². The molecule has 0 fully saturated rings. The van der Waals surface area contributed by atoms with Gasteiger partial charge in [-0.05, 0) is 110 Å². The first-order chi connectivity index (χ1) is 22.8. The van der Waals surface area contributed by atoms with E-state index in [1.807, 2.05) is 0 Å². The van der Waals surface area contributed by atoms with E-state index in [1.54, 1.807) is 0 Å². The van der Waals surface area contributed by atoms with Gasteiger partial charge in [-0.25, -0.2) is 28.8 Å². The Morgan fingerprint density at radius 2 is 0.417 bits per heavy atom. The molecule has 0 spiro atoms. The lowest BCUT2D eigenvalue weighted by Crippen LogP contribution is -2.15. The van der Waals surface area contributed by atoms with E-state index in [4.69, 9.17) is 30.6 Å². The fraction of sp³-hybridized carbons (Fsp3) is 0.333. The van der Waals surface area contributed by atoms with Gasteiger partial charge in [0.05, 0.1) is 0 Å². The Bertz CT molecular complexity index is 1180. The Morgan fingerprint density at radius 3 is 0.521 bits per heavy atom. The molecule has 0 aliphatic rings. The molecule has 0 saturated carbocycles. The molecule has 1 aromatic rings. The number of carboxylic acids is 6. The van der Waals surface area contributed by atoms with Gasteiger partial charge in [0.15, 0.2) is 0 Å². The van der Waals surface area contributed by atoms with E-state index in [1.165, 1.54) is 36.5 Å². The molecule has 0 heterocycles. The highest BCUT2D eigenvalue weighted by atomic mass is 16.4. The zero-order valence-corrected chi connectivity index (χ0v) is 26.5. The van der Waals surface area contributed by atoms with Crippen molar-refractivity contribution < 1.29 is 59.4 Å². The smallest absolute Gasteiger partial charge is 0.327 e. The third kappa shape index (κ3) is 17.2. The van der Waals surface area contributed by atoms with E-state index in [9.17, 15) is 28.8 Å². The molecule has 48 heavy (non-hydrogen) atoms. The standard InChI is InChI=1S/C36H42O12/c37-31(38)19-7-1-13-25-26(14-2-8-20-32(39)40)28(16-4-10-22-34(43)44)30(18-6-12-24-36(47)48)29(17-5-11-23-35(45)46)27(25)15-3-9-21-33(41)42/h7-12,19-24H,1-6,13-18H2,(H,37,38)(H,39,40)(H,41,42)(H,43,44)(H,45,46)(H,47,48)/b19-7+,20-8+,21-9+,22-10+,23-11+,24-12+. The van der Waals surface area contributed by atoms with Crippen molar-refractivity contribution in [2.75, 3.05) is 0 Å². The molecule has 0 aliphatic carbocycles. The summed E-state index contributed by atoms with van der Waals surface area (Å²) >= 11 is 0. The molecule has 12 nitrogen and oxygen atoms in total. The van der Waals surface area contributed by atoms with Crippen molar-refractivity contribution in [1.82, 2.24) is 0 Å². The van der Waals surface area contributed by atoms with Gasteiger partial charge in [0.1, 0.15) is 0 Å². The minimum atomic E-state index is -1.12. The van der Waals surface area contributed by atoms with Crippen LogP contribution in [0.15, 0.2) is 72.9 Å². The third-order valence-electron chi connectivity index (χ3n) is 7.11. The predicted octanol–water partition coefficient (Wildman–Crippen LogP) is 5.13. The summed E-state index contributed by atoms with van der Waals surface area (Å²) in [6, 6.07) is 0. The van der Waals surface area contributed by atoms with Gasteiger partial charge in [0.25, 0.3) is 0 Å². The van der Waals surface area contributed by atoms with Crippen molar-refractivity contribution in [2.45, 2.75) is 77.0 Å². The van der Waals surface area contributed by atoms with E-state index in [-0.39, 0.29) is 0 Å². The Labute approximate surface area is 278 Å². The van der Waals surface area contributed by atoms with Gasteiger partial charge >= 0.3 is 35.8 Å². The molecule has 0 atom stereocenters. The monoisotopic (exact) mass is 666 g/mol. The highest BCUT2D eigenvalue weighted by Crippen LogP contribution is 2.35. The number of carbonyl (C=O) groups is 6. The van der Waals surface area contributed by atoms with Crippen LogP contribution in [0.25, 0.3) is 0 Å². The lowest BCUT2D eigenvalue weighted by Gasteiger charge is -2.27. The van der Waals surface area contributed by atoms with Crippen LogP contribution in [0.2, 0.25) is 0 Å². The molecule has 0 aromatic heterocycles. The van der Waals surface area contributed by atoms with Crippen LogP contribution in [0.4, 0.5) is 0 Å². The summed E-state index contributed by atoms with van der Waals surface area (Å²) < 4.78 is 0. The van der Waals surface area contributed by atoms with Gasteiger partial charge in [0.2, 0.25) is 0 Å². The van der Waals surface area contributed by atoms with Crippen molar-refractivity contribution in [1.29, 1.82) is 0 Å². The summed E-state index contributed by atoms with van der Waals surface area (Å²) in [5.74, 6) is -6.70. The van der Waals surface area contributed by atoms with Crippen LogP contribution in [0.5, 0.6) is 0 Å². The minimum absolute atomic E-state index is 0.333. The number of benzene rings is 1. The van der Waals surface area contributed by atoms with Gasteiger partial charge in [-0.3, -0.25) is 0 Å². The summed E-state index contributed by atoms with van der Waals surface area (Å²) in [6.45, 7) is 0. The molecular weight excluding hydrogens is 624 g/mol. The number of rotatable bonds is 24. The van der Waals surface area contributed by atoms with Crippen LogP contribution in [0, 0.1) is 0 Å². The summed E-state index contributed by atoms with van der Waals surface area (Å²) in [5, 5.41) is 54.8. The number of allylic oxidation sites excluding steroid dienone is 6. The molecule has 0 radical (unpaired) electrons. The van der Waals surface area contributed by atoms with Crippen LogP contribution < -0.4 is 0 Å². The molecule has 0 aliphatic heterocycles. The molecule has 12 heteroatoms. The molecular formula is C36H42O12. The molecule has 1 aromatic carbocycles. The maximum absolute atomic E-state index is 11.2. The predicted molar refractivity (Wildman–Crippen MR) is 177 cm³/mol. The summed E-state index contributed by atoms with van der Waals surface area (Å²) in [7, 11) is 0. The number of hydrogen-bond donors (Lipinski definition) is 6. The fourth-order valence-electron chi connectivity index (χ4n) is 5.37. The molecule has 1 rings (SSSR count). The van der Waals surface area contributed by atoms with E-state index in [0.29, 0.717) is 77.0 Å². The van der Waals surface area contributed by atoms with Crippen molar-refractivity contribution in [3.8, 4) is 0 Å². The molecule has 6 N–H and O–H groups in total. The molecule has 0 saturated heterocycles. The fourth-order valence-corrected chi connectivity index (χ4v) is 5.37. The van der Waals surface area contributed by atoms with E-state index < -0.39 is 35.8 Å². The van der Waals surface area contributed by atoms with Crippen molar-refractivity contribution >= 4 is 35.8 Å². The second-order valence-corrected chi connectivity index (χ2v) is 10.5. The van der Waals surface area contributed by atoms with Crippen LogP contribution in [-0.2, 0) is 67.3 Å². The van der Waals surface area contributed by atoms with Gasteiger partial charge in [-0.2, -0.15) is 0 Å². The maximum atomic E-state index is 11.2. The van der Waals surface area contributed by atoms with E-state index >= 15 is 0 Å². The summed E-state index contributed by atoms with van der Waals surface area (Å²) in [6.07, 6.45) is 19.6. The molecule has 0 unspecified atom stereocenters. The Kier molecular flexibility index (Phi) is 19.3. The lowest BCUT2D eigenvalue weighted by atomic mass is 9.78. The summed E-state index contributed by atoms with van der Waals surface area (Å²) in [5.41, 5.74) is 5.23. The minimum Gasteiger partial charge on any atom is -0.478 e. The van der Waals surface area contributed by atoms with Gasteiger partial charge in [0, 0.05) is 36.5 Å². The quantitative estimate of drug-likeness (QED) is 0.0790. The van der Waals surface area contributed by atoms with Crippen LogP contribution in [-0.4, -0.2) is 66.5 Å². The molecule has 258 valence electrons. The zero-order chi connectivity index (χ0) is 35.9. The number of hydrogen-bond acceptors (Lipinski definition) is 6. The van der Waals surface area contributed by atoms with Crippen LogP contribution in [0.3, 0.4) is 0 Å². The number of carboxylic acid groups (broad SMARTS) is 6. The molecule has 0 amide bonds. The first-order valence-electron chi connectivity index (χ1n) is 15.4. The van der Waals surface area contributed by atoms with Gasteiger partial charge < -0.3 is 30.6 Å². The number of aliphatic carboxylic acids is 6. The maximum Gasteiger partial charge on any atom is 0.327 e. The van der Waals surface area contributed by atoms with Gasteiger partial charge in [-0.1, -0.05) is 36.5 Å². The highest BCUT2D eigenvalue weighted by Gasteiger charge is 2.22. The second kappa shape index (κ2) is 22.9. The van der Waals surface area contributed by atoms with E-state index in [2.05, 4.69) is 0 Å². The largest absolute Gasteiger partial charge is 0.478 e. The first-order valence-corrected chi connectivity index (χ1v) is 15.4. The zero-order valence-electron chi connectivity index (χ0n) is 26.5. The lowest BCUT2D eigenvalue weighted by molar-refractivity contribution is -0.132. The summed E-state index contributed by atoms with van der Waals surface area (Å²) in [4.78, 5) is 67.1. The Hall–Kier alpha value is -5.52. The highest BCUT2D eigenvalue weighted by molar-refractivity contribution is 5.81. The van der Waals surface area contributed by atoms with Crippen LogP contribution >= 0.6 is 0 Å². The van der Waals surface area contributed by atoms with Crippen molar-refractivity contribution in [2.24, 2.45) is 0 Å². The second-order valence-electron chi connectivity index (χ2n) is 10.5.